The van der Waals surface area contributed by atoms with Crippen molar-refractivity contribution in [3.63, 3.8) is 0 Å². The van der Waals surface area contributed by atoms with Gasteiger partial charge in [0.1, 0.15) is 11.5 Å². The first-order valence-corrected chi connectivity index (χ1v) is 7.49. The smallest absolute Gasteiger partial charge is 0.219 e. The molecule has 0 radical (unpaired) electrons. The Morgan fingerprint density at radius 1 is 0.750 bits per heavy atom. The molecule has 0 fully saturated rings. The molecule has 3 rings (SSSR count). The second kappa shape index (κ2) is 7.04. The standard InChI is InChI=1S/C18H16FN3O2/c1-12(2)13-3-7-17(21-9-13)24-15-5-8-18(22-11-15)23-14-4-6-16(19)20-10-14/h3-12H,1-2H3. The molecular formula is C18H16FN3O2. The van der Waals surface area contributed by atoms with Crippen molar-refractivity contribution in [2.45, 2.75) is 19.8 Å². The summed E-state index contributed by atoms with van der Waals surface area (Å²) < 4.78 is 23.9. The maximum absolute atomic E-state index is 12.7. The molecule has 0 bridgehead atoms. The van der Waals surface area contributed by atoms with Gasteiger partial charge in [-0.25, -0.2) is 15.0 Å². The van der Waals surface area contributed by atoms with E-state index in [1.54, 1.807) is 18.3 Å². The molecule has 24 heavy (non-hydrogen) atoms. The average molecular weight is 325 g/mol. The Labute approximate surface area is 139 Å². The molecule has 122 valence electrons. The molecule has 3 aromatic heterocycles. The largest absolute Gasteiger partial charge is 0.437 e. The lowest BCUT2D eigenvalue weighted by molar-refractivity contribution is 0.440. The van der Waals surface area contributed by atoms with Gasteiger partial charge in [-0.05, 0) is 29.7 Å². The number of rotatable bonds is 5. The number of hydrogen-bond donors (Lipinski definition) is 0. The Hall–Kier alpha value is -3.02. The molecular weight excluding hydrogens is 309 g/mol. The molecule has 0 aliphatic heterocycles. The number of hydrogen-bond acceptors (Lipinski definition) is 5. The van der Waals surface area contributed by atoms with Gasteiger partial charge < -0.3 is 9.47 Å². The number of aromatic nitrogens is 3. The molecule has 0 saturated heterocycles. The maximum atomic E-state index is 12.7. The van der Waals surface area contributed by atoms with Crippen LogP contribution in [0.25, 0.3) is 0 Å². The van der Waals surface area contributed by atoms with Crippen LogP contribution in [0.1, 0.15) is 25.3 Å². The quantitative estimate of drug-likeness (QED) is 0.635. The minimum absolute atomic E-state index is 0.360. The van der Waals surface area contributed by atoms with Gasteiger partial charge in [0.2, 0.25) is 17.7 Å². The first-order valence-electron chi connectivity index (χ1n) is 7.49. The molecule has 0 atom stereocenters. The fourth-order valence-electron chi connectivity index (χ4n) is 1.95. The topological polar surface area (TPSA) is 57.1 Å². The van der Waals surface area contributed by atoms with Crippen LogP contribution in [0.5, 0.6) is 23.3 Å². The van der Waals surface area contributed by atoms with Crippen molar-refractivity contribution in [2.75, 3.05) is 0 Å². The van der Waals surface area contributed by atoms with E-state index in [-0.39, 0.29) is 0 Å². The fourth-order valence-corrected chi connectivity index (χ4v) is 1.95. The summed E-state index contributed by atoms with van der Waals surface area (Å²) in [5, 5.41) is 0. The van der Waals surface area contributed by atoms with E-state index >= 15 is 0 Å². The Bertz CT molecular complexity index is 788. The second-order valence-electron chi connectivity index (χ2n) is 5.44. The Kier molecular flexibility index (Phi) is 4.65. The fraction of sp³-hybridized carbons (Fsp3) is 0.167. The molecule has 0 unspecified atom stereocenters. The van der Waals surface area contributed by atoms with Crippen LogP contribution in [-0.2, 0) is 0 Å². The van der Waals surface area contributed by atoms with Crippen LogP contribution < -0.4 is 9.47 Å². The highest BCUT2D eigenvalue weighted by Crippen LogP contribution is 2.24. The lowest BCUT2D eigenvalue weighted by Crippen LogP contribution is -1.93. The van der Waals surface area contributed by atoms with Crippen LogP contribution in [0.3, 0.4) is 0 Å². The zero-order chi connectivity index (χ0) is 16.9. The van der Waals surface area contributed by atoms with Crippen molar-refractivity contribution in [1.29, 1.82) is 0 Å². The minimum atomic E-state index is -0.560. The number of ether oxygens (including phenoxy) is 2. The zero-order valence-electron chi connectivity index (χ0n) is 13.3. The SMILES string of the molecule is CC(C)c1ccc(Oc2ccc(Oc3ccc(F)nc3)nc2)nc1. The predicted octanol–water partition coefficient (Wildman–Crippen LogP) is 4.72. The van der Waals surface area contributed by atoms with E-state index in [4.69, 9.17) is 9.47 Å². The summed E-state index contributed by atoms with van der Waals surface area (Å²) in [4.78, 5) is 11.9. The van der Waals surface area contributed by atoms with Gasteiger partial charge in [-0.3, -0.25) is 0 Å². The van der Waals surface area contributed by atoms with E-state index < -0.39 is 5.95 Å². The van der Waals surface area contributed by atoms with Gasteiger partial charge in [0.25, 0.3) is 0 Å². The molecule has 5 nitrogen and oxygen atoms in total. The molecule has 0 aliphatic rings. The highest BCUT2D eigenvalue weighted by atomic mass is 19.1. The Morgan fingerprint density at radius 3 is 1.79 bits per heavy atom. The van der Waals surface area contributed by atoms with Crippen molar-refractivity contribution in [3.05, 3.63) is 66.5 Å². The Morgan fingerprint density at radius 2 is 1.33 bits per heavy atom. The summed E-state index contributed by atoms with van der Waals surface area (Å²) in [5.74, 6) is 1.67. The van der Waals surface area contributed by atoms with Gasteiger partial charge >= 0.3 is 0 Å². The summed E-state index contributed by atoms with van der Waals surface area (Å²) in [5.41, 5.74) is 1.15. The second-order valence-corrected chi connectivity index (χ2v) is 5.44. The summed E-state index contributed by atoms with van der Waals surface area (Å²) in [7, 11) is 0. The van der Waals surface area contributed by atoms with Crippen molar-refractivity contribution in [1.82, 2.24) is 15.0 Å². The first-order chi connectivity index (χ1) is 11.6. The van der Waals surface area contributed by atoms with Crippen LogP contribution in [0, 0.1) is 5.95 Å². The van der Waals surface area contributed by atoms with Crippen LogP contribution >= 0.6 is 0 Å². The van der Waals surface area contributed by atoms with E-state index in [0.29, 0.717) is 29.2 Å². The van der Waals surface area contributed by atoms with Crippen molar-refractivity contribution >= 4 is 0 Å². The van der Waals surface area contributed by atoms with Gasteiger partial charge in [-0.15, -0.1) is 0 Å². The van der Waals surface area contributed by atoms with E-state index in [0.717, 1.165) is 5.56 Å². The lowest BCUT2D eigenvalue weighted by Gasteiger charge is -2.08. The summed E-state index contributed by atoms with van der Waals surface area (Å²) in [6.45, 7) is 4.22. The van der Waals surface area contributed by atoms with Crippen LogP contribution in [0.4, 0.5) is 4.39 Å². The van der Waals surface area contributed by atoms with E-state index in [2.05, 4.69) is 28.8 Å². The van der Waals surface area contributed by atoms with E-state index in [9.17, 15) is 4.39 Å². The molecule has 0 saturated carbocycles. The maximum Gasteiger partial charge on any atom is 0.219 e. The molecule has 3 heterocycles. The average Bonchev–Trinajstić information content (AvgIpc) is 2.59. The van der Waals surface area contributed by atoms with Crippen LogP contribution in [0.2, 0.25) is 0 Å². The summed E-state index contributed by atoms with van der Waals surface area (Å²) >= 11 is 0. The van der Waals surface area contributed by atoms with Gasteiger partial charge in [-0.2, -0.15) is 4.39 Å². The van der Waals surface area contributed by atoms with Crippen LogP contribution in [0.15, 0.2) is 55.0 Å². The normalized spacial score (nSPS) is 10.7. The highest BCUT2D eigenvalue weighted by molar-refractivity contribution is 5.30. The highest BCUT2D eigenvalue weighted by Gasteiger charge is 2.04. The molecule has 0 spiro atoms. The Balaban J connectivity index is 1.64. The molecule has 3 aromatic rings. The van der Waals surface area contributed by atoms with Gasteiger partial charge in [0.05, 0.1) is 12.4 Å². The van der Waals surface area contributed by atoms with Crippen molar-refractivity contribution in [2.24, 2.45) is 0 Å². The van der Waals surface area contributed by atoms with Crippen LogP contribution in [-0.4, -0.2) is 15.0 Å². The monoisotopic (exact) mass is 325 g/mol. The third kappa shape index (κ3) is 4.04. The van der Waals surface area contributed by atoms with Crippen molar-refractivity contribution < 1.29 is 13.9 Å². The third-order valence-corrected chi connectivity index (χ3v) is 3.28. The van der Waals surface area contributed by atoms with Gasteiger partial charge in [0.15, 0.2) is 0 Å². The number of pyridine rings is 3. The minimum Gasteiger partial charge on any atom is -0.437 e. The molecule has 0 aliphatic carbocycles. The first kappa shape index (κ1) is 15.9. The zero-order valence-corrected chi connectivity index (χ0v) is 13.3. The van der Waals surface area contributed by atoms with E-state index in [1.165, 1.54) is 24.5 Å². The number of nitrogens with zero attached hydrogens (tertiary/aromatic N) is 3. The lowest BCUT2D eigenvalue weighted by atomic mass is 10.1. The number of halogens is 1. The predicted molar refractivity (Wildman–Crippen MR) is 86.9 cm³/mol. The molecule has 0 aromatic carbocycles. The van der Waals surface area contributed by atoms with E-state index in [1.807, 2.05) is 12.1 Å². The molecule has 0 amide bonds. The third-order valence-electron chi connectivity index (χ3n) is 3.28. The van der Waals surface area contributed by atoms with Gasteiger partial charge in [-0.1, -0.05) is 19.9 Å². The van der Waals surface area contributed by atoms with Crippen molar-refractivity contribution in [3.8, 4) is 23.3 Å². The summed E-state index contributed by atoms with van der Waals surface area (Å²) in [6, 6.07) is 9.88. The molecule has 6 heteroatoms. The summed E-state index contributed by atoms with van der Waals surface area (Å²) in [6.07, 6.45) is 4.62. The van der Waals surface area contributed by atoms with Gasteiger partial charge in [0, 0.05) is 18.3 Å². The molecule has 0 N–H and O–H groups in total.